The van der Waals surface area contributed by atoms with Crippen molar-refractivity contribution in [2.45, 2.75) is 168 Å². The van der Waals surface area contributed by atoms with Crippen molar-refractivity contribution in [1.29, 1.82) is 0 Å². The van der Waals surface area contributed by atoms with Crippen LogP contribution in [0.5, 0.6) is 0 Å². The zero-order chi connectivity index (χ0) is 28.5. The van der Waals surface area contributed by atoms with Crippen molar-refractivity contribution in [2.75, 3.05) is 13.1 Å². The fourth-order valence-corrected chi connectivity index (χ4v) is 8.75. The van der Waals surface area contributed by atoms with Gasteiger partial charge in [0.25, 0.3) is 0 Å². The van der Waals surface area contributed by atoms with Gasteiger partial charge in [-0.15, -0.1) is 0 Å². The van der Waals surface area contributed by atoms with E-state index >= 15 is 0 Å². The summed E-state index contributed by atoms with van der Waals surface area (Å²) in [6.45, 7) is 25.3. The lowest BCUT2D eigenvalue weighted by Gasteiger charge is -2.55. The molecule has 2 saturated heterocycles. The Morgan fingerprint density at radius 2 is 0.842 bits per heavy atom. The second kappa shape index (κ2) is 11.8. The molecule has 6 heteroatoms. The minimum absolute atomic E-state index is 0.0362. The third-order valence-electron chi connectivity index (χ3n) is 9.96. The predicted molar refractivity (Wildman–Crippen MR) is 158 cm³/mol. The van der Waals surface area contributed by atoms with E-state index in [0.29, 0.717) is 0 Å². The van der Waals surface area contributed by atoms with Crippen LogP contribution in [0.2, 0.25) is 0 Å². The summed E-state index contributed by atoms with van der Waals surface area (Å²) in [5, 5.41) is 6.87. The van der Waals surface area contributed by atoms with Crippen molar-refractivity contribution in [2.24, 2.45) is 11.8 Å². The SMILES string of the molecule is CCCN1C(C)(C)CC(NC(=O)C2CCC(C(=O)NC3CC(C)(C)N(CCC)C(C)(C)C3)CC2)CC1(C)C. The molecule has 3 fully saturated rings. The number of carbonyl (C=O) groups excluding carboxylic acids is 2. The number of amides is 2. The highest BCUT2D eigenvalue weighted by molar-refractivity contribution is 5.81. The van der Waals surface area contributed by atoms with Gasteiger partial charge in [0.05, 0.1) is 0 Å². The Labute approximate surface area is 234 Å². The van der Waals surface area contributed by atoms with E-state index in [1.807, 2.05) is 0 Å². The van der Waals surface area contributed by atoms with Gasteiger partial charge in [-0.2, -0.15) is 0 Å². The lowest BCUT2D eigenvalue weighted by Crippen LogP contribution is -2.64. The molecule has 3 aliphatic rings. The maximum atomic E-state index is 13.3. The summed E-state index contributed by atoms with van der Waals surface area (Å²) in [7, 11) is 0. The average Bonchev–Trinajstić information content (AvgIpc) is 2.77. The molecule has 6 nitrogen and oxygen atoms in total. The van der Waals surface area contributed by atoms with Gasteiger partial charge in [0.15, 0.2) is 0 Å². The fourth-order valence-electron chi connectivity index (χ4n) is 8.75. The Kier molecular flexibility index (Phi) is 9.72. The number of hydrogen-bond donors (Lipinski definition) is 2. The molecule has 0 radical (unpaired) electrons. The van der Waals surface area contributed by atoms with E-state index in [-0.39, 0.29) is 57.9 Å². The van der Waals surface area contributed by atoms with Crippen LogP contribution in [0, 0.1) is 11.8 Å². The van der Waals surface area contributed by atoms with Gasteiger partial charge in [-0.3, -0.25) is 19.4 Å². The molecule has 1 saturated carbocycles. The molecule has 2 amide bonds. The van der Waals surface area contributed by atoms with Crippen molar-refractivity contribution in [3.05, 3.63) is 0 Å². The fraction of sp³-hybridized carbons (Fsp3) is 0.938. The standard InChI is InChI=1S/C32H60N4O2/c1-11-17-35-29(3,4)19-25(20-30(35,5)6)33-27(37)23-13-15-24(16-14-23)28(38)34-26-21-31(7,8)36(18-12-2)32(9,10)22-26/h23-26H,11-22H2,1-10H3,(H,33,37)(H,34,38). The van der Waals surface area contributed by atoms with Crippen molar-refractivity contribution < 1.29 is 9.59 Å². The van der Waals surface area contributed by atoms with Crippen LogP contribution in [0.1, 0.15) is 133 Å². The molecule has 38 heavy (non-hydrogen) atoms. The van der Waals surface area contributed by atoms with Crippen molar-refractivity contribution in [3.63, 3.8) is 0 Å². The van der Waals surface area contributed by atoms with E-state index in [1.54, 1.807) is 0 Å². The highest BCUT2D eigenvalue weighted by atomic mass is 16.2. The summed E-state index contributed by atoms with van der Waals surface area (Å²) in [6.07, 6.45) is 9.52. The Morgan fingerprint density at radius 1 is 0.579 bits per heavy atom. The van der Waals surface area contributed by atoms with Crippen LogP contribution in [-0.2, 0) is 9.59 Å². The normalized spacial score (nSPS) is 30.1. The predicted octanol–water partition coefficient (Wildman–Crippen LogP) is 5.89. The highest BCUT2D eigenvalue weighted by Gasteiger charge is 2.47. The van der Waals surface area contributed by atoms with Crippen LogP contribution < -0.4 is 10.6 Å². The van der Waals surface area contributed by atoms with Crippen LogP contribution in [0.15, 0.2) is 0 Å². The maximum Gasteiger partial charge on any atom is 0.223 e. The summed E-state index contributed by atoms with van der Waals surface area (Å²) in [5.41, 5.74) is 0.283. The van der Waals surface area contributed by atoms with E-state index in [2.05, 4.69) is 89.7 Å². The quantitative estimate of drug-likeness (QED) is 0.409. The summed E-state index contributed by atoms with van der Waals surface area (Å²) in [6, 6.07) is 0.429. The molecule has 3 rings (SSSR count). The first-order chi connectivity index (χ1) is 17.5. The number of likely N-dealkylation sites (tertiary alicyclic amines) is 2. The summed E-state index contributed by atoms with van der Waals surface area (Å²) in [5.74, 6) is 0.482. The molecule has 0 spiro atoms. The number of rotatable bonds is 8. The number of hydrogen-bond acceptors (Lipinski definition) is 4. The Balaban J connectivity index is 1.50. The second-order valence-electron chi connectivity index (χ2n) is 15.3. The summed E-state index contributed by atoms with van der Waals surface area (Å²) in [4.78, 5) is 31.8. The van der Waals surface area contributed by atoms with Crippen molar-refractivity contribution in [3.8, 4) is 0 Å². The van der Waals surface area contributed by atoms with Gasteiger partial charge in [-0.05, 0) is 133 Å². The topological polar surface area (TPSA) is 64.7 Å². The minimum atomic E-state index is 0.0362. The molecule has 2 N–H and O–H groups in total. The smallest absolute Gasteiger partial charge is 0.223 e. The molecule has 0 aromatic carbocycles. The molecule has 0 unspecified atom stereocenters. The van der Waals surface area contributed by atoms with Crippen LogP contribution in [0.3, 0.4) is 0 Å². The lowest BCUT2D eigenvalue weighted by atomic mass is 9.75. The molecule has 0 bridgehead atoms. The van der Waals surface area contributed by atoms with Gasteiger partial charge >= 0.3 is 0 Å². The second-order valence-corrected chi connectivity index (χ2v) is 15.3. The van der Waals surface area contributed by atoms with Gasteiger partial charge in [-0.1, -0.05) is 13.8 Å². The van der Waals surface area contributed by atoms with Gasteiger partial charge in [0, 0.05) is 46.1 Å². The Bertz CT molecular complexity index is 721. The van der Waals surface area contributed by atoms with Gasteiger partial charge in [0.2, 0.25) is 11.8 Å². The van der Waals surface area contributed by atoms with Crippen LogP contribution >= 0.6 is 0 Å². The van der Waals surface area contributed by atoms with Gasteiger partial charge < -0.3 is 10.6 Å². The third-order valence-corrected chi connectivity index (χ3v) is 9.96. The van der Waals surface area contributed by atoms with Crippen molar-refractivity contribution >= 4 is 11.8 Å². The molecule has 0 aromatic heterocycles. The molecule has 220 valence electrons. The largest absolute Gasteiger partial charge is 0.353 e. The zero-order valence-electron chi connectivity index (χ0n) is 26.5. The van der Waals surface area contributed by atoms with E-state index in [1.165, 1.54) is 0 Å². The van der Waals surface area contributed by atoms with E-state index in [9.17, 15) is 9.59 Å². The number of carbonyl (C=O) groups is 2. The van der Waals surface area contributed by atoms with Crippen LogP contribution in [0.25, 0.3) is 0 Å². The minimum Gasteiger partial charge on any atom is -0.353 e. The number of nitrogens with zero attached hydrogens (tertiary/aromatic N) is 2. The van der Waals surface area contributed by atoms with E-state index in [4.69, 9.17) is 0 Å². The Hall–Kier alpha value is -1.14. The molecule has 0 atom stereocenters. The first-order valence-electron chi connectivity index (χ1n) is 15.7. The van der Waals surface area contributed by atoms with E-state index in [0.717, 1.165) is 77.3 Å². The lowest BCUT2D eigenvalue weighted by molar-refractivity contribution is -0.133. The van der Waals surface area contributed by atoms with Crippen molar-refractivity contribution in [1.82, 2.24) is 20.4 Å². The molecule has 0 aromatic rings. The maximum absolute atomic E-state index is 13.3. The monoisotopic (exact) mass is 532 g/mol. The van der Waals surface area contributed by atoms with Crippen LogP contribution in [-0.4, -0.2) is 68.9 Å². The molecule has 2 heterocycles. The summed E-state index contributed by atoms with van der Waals surface area (Å²) >= 11 is 0. The molecular weight excluding hydrogens is 472 g/mol. The Morgan fingerprint density at radius 3 is 1.08 bits per heavy atom. The van der Waals surface area contributed by atoms with E-state index < -0.39 is 0 Å². The van der Waals surface area contributed by atoms with Crippen LogP contribution in [0.4, 0.5) is 0 Å². The third kappa shape index (κ3) is 7.13. The first-order valence-corrected chi connectivity index (χ1v) is 15.7. The summed E-state index contributed by atoms with van der Waals surface area (Å²) < 4.78 is 0. The number of nitrogens with one attached hydrogen (secondary N) is 2. The number of piperidine rings is 2. The van der Waals surface area contributed by atoms with Gasteiger partial charge in [-0.25, -0.2) is 0 Å². The first kappa shape index (κ1) is 31.4. The highest BCUT2D eigenvalue weighted by Crippen LogP contribution is 2.40. The molecule has 1 aliphatic carbocycles. The zero-order valence-corrected chi connectivity index (χ0v) is 26.5. The van der Waals surface area contributed by atoms with Gasteiger partial charge in [0.1, 0.15) is 0 Å². The average molecular weight is 533 g/mol. The molecular formula is C32H60N4O2. The molecule has 2 aliphatic heterocycles.